The summed E-state index contributed by atoms with van der Waals surface area (Å²) >= 11 is 1.22. The highest BCUT2D eigenvalue weighted by Gasteiger charge is 2.29. The summed E-state index contributed by atoms with van der Waals surface area (Å²) in [4.78, 5) is 14.2. The molecule has 1 saturated heterocycles. The van der Waals surface area contributed by atoms with Crippen molar-refractivity contribution in [1.82, 2.24) is 9.21 Å². The van der Waals surface area contributed by atoms with Gasteiger partial charge >= 0.3 is 0 Å². The number of carbonyl (C=O) groups is 1. The number of anilines is 1. The van der Waals surface area contributed by atoms with Crippen molar-refractivity contribution in [1.29, 1.82) is 5.26 Å². The van der Waals surface area contributed by atoms with E-state index in [9.17, 15) is 13.2 Å². The van der Waals surface area contributed by atoms with Crippen LogP contribution in [-0.2, 0) is 14.8 Å². The average molecular weight is 405 g/mol. The number of thiophene rings is 1. The van der Waals surface area contributed by atoms with Gasteiger partial charge in [0.15, 0.2) is 0 Å². The number of nitrogens with one attached hydrogen (secondary N) is 1. The quantitative estimate of drug-likeness (QED) is 0.794. The molecule has 1 aromatic carbocycles. The lowest BCUT2D eigenvalue weighted by atomic mass is 10.2. The molecule has 1 N–H and O–H groups in total. The maximum Gasteiger partial charge on any atom is 0.252 e. The van der Waals surface area contributed by atoms with Crippen molar-refractivity contribution in [3.05, 3.63) is 47.3 Å². The molecule has 9 heteroatoms. The molecule has 0 spiro atoms. The monoisotopic (exact) mass is 404 g/mol. The van der Waals surface area contributed by atoms with E-state index in [4.69, 9.17) is 5.26 Å². The van der Waals surface area contributed by atoms with E-state index in [2.05, 4.69) is 16.3 Å². The Balaban J connectivity index is 1.47. The number of carbonyl (C=O) groups excluding carboxylic acids is 1. The van der Waals surface area contributed by atoms with E-state index in [1.165, 1.54) is 15.6 Å². The number of amides is 1. The number of hydrogen-bond donors (Lipinski definition) is 1. The Morgan fingerprint density at radius 2 is 1.89 bits per heavy atom. The molecule has 0 unspecified atom stereocenters. The van der Waals surface area contributed by atoms with Gasteiger partial charge in [-0.1, -0.05) is 18.2 Å². The van der Waals surface area contributed by atoms with Crippen molar-refractivity contribution >= 4 is 33.0 Å². The van der Waals surface area contributed by atoms with E-state index in [0.717, 1.165) is 0 Å². The molecule has 0 saturated carbocycles. The molecule has 1 fully saturated rings. The SMILES string of the molecule is N#Cc1ccccc1NC(=O)CCN1CCN(S(=O)(=O)c2cccs2)CC1. The van der Waals surface area contributed by atoms with Gasteiger partial charge in [0, 0.05) is 39.1 Å². The minimum atomic E-state index is -3.41. The Morgan fingerprint density at radius 1 is 1.15 bits per heavy atom. The van der Waals surface area contributed by atoms with Crippen LogP contribution in [0, 0.1) is 11.3 Å². The Hall–Kier alpha value is -2.25. The van der Waals surface area contributed by atoms with Crippen LogP contribution in [0.4, 0.5) is 5.69 Å². The van der Waals surface area contributed by atoms with Crippen LogP contribution in [0.15, 0.2) is 46.0 Å². The molecule has 2 heterocycles. The number of sulfonamides is 1. The lowest BCUT2D eigenvalue weighted by Gasteiger charge is -2.33. The summed E-state index contributed by atoms with van der Waals surface area (Å²) < 4.78 is 26.9. The first-order chi connectivity index (χ1) is 13.0. The van der Waals surface area contributed by atoms with Crippen LogP contribution in [0.1, 0.15) is 12.0 Å². The molecule has 0 radical (unpaired) electrons. The Kier molecular flexibility index (Phi) is 6.23. The summed E-state index contributed by atoms with van der Waals surface area (Å²) in [6.45, 7) is 2.56. The molecule has 1 amide bonds. The molecule has 0 atom stereocenters. The number of benzene rings is 1. The summed E-state index contributed by atoms with van der Waals surface area (Å²) in [6.07, 6.45) is 0.289. The molecular formula is C18H20N4O3S2. The van der Waals surface area contributed by atoms with E-state index in [-0.39, 0.29) is 12.3 Å². The summed E-state index contributed by atoms with van der Waals surface area (Å²) in [7, 11) is -3.41. The van der Waals surface area contributed by atoms with Crippen molar-refractivity contribution in [2.45, 2.75) is 10.6 Å². The van der Waals surface area contributed by atoms with E-state index in [1.807, 2.05) is 0 Å². The maximum absolute atomic E-state index is 12.5. The fraction of sp³-hybridized carbons (Fsp3) is 0.333. The molecule has 27 heavy (non-hydrogen) atoms. The highest BCUT2D eigenvalue weighted by atomic mass is 32.2. The first kappa shape index (κ1) is 19.5. The van der Waals surface area contributed by atoms with Crippen LogP contribution in [0.2, 0.25) is 0 Å². The summed E-state index contributed by atoms with van der Waals surface area (Å²) in [5.41, 5.74) is 0.940. The van der Waals surface area contributed by atoms with Crippen LogP contribution in [0.25, 0.3) is 0 Å². The number of hydrogen-bond acceptors (Lipinski definition) is 6. The summed E-state index contributed by atoms with van der Waals surface area (Å²) in [5, 5.41) is 13.6. The van der Waals surface area contributed by atoms with Gasteiger partial charge < -0.3 is 10.2 Å². The minimum absolute atomic E-state index is 0.161. The van der Waals surface area contributed by atoms with Crippen LogP contribution < -0.4 is 5.32 Å². The largest absolute Gasteiger partial charge is 0.325 e. The van der Waals surface area contributed by atoms with E-state index in [0.29, 0.717) is 48.2 Å². The molecule has 0 bridgehead atoms. The highest BCUT2D eigenvalue weighted by molar-refractivity contribution is 7.91. The van der Waals surface area contributed by atoms with Crippen LogP contribution in [0.3, 0.4) is 0 Å². The summed E-state index contributed by atoms with van der Waals surface area (Å²) in [5.74, 6) is -0.161. The number of para-hydroxylation sites is 1. The molecule has 2 aromatic rings. The topological polar surface area (TPSA) is 93.5 Å². The molecule has 1 aliphatic heterocycles. The van der Waals surface area contributed by atoms with Gasteiger partial charge in [0.05, 0.1) is 11.3 Å². The second-order valence-corrected chi connectivity index (χ2v) is 9.25. The second kappa shape index (κ2) is 8.63. The Labute approximate surface area is 162 Å². The van der Waals surface area contributed by atoms with E-state index >= 15 is 0 Å². The van der Waals surface area contributed by atoms with Gasteiger partial charge in [0.25, 0.3) is 10.0 Å². The second-order valence-electron chi connectivity index (χ2n) is 6.13. The predicted molar refractivity (Wildman–Crippen MR) is 104 cm³/mol. The van der Waals surface area contributed by atoms with Crippen molar-refractivity contribution in [2.75, 3.05) is 38.0 Å². The predicted octanol–water partition coefficient (Wildman–Crippen LogP) is 1.95. The van der Waals surface area contributed by atoms with Crippen molar-refractivity contribution < 1.29 is 13.2 Å². The van der Waals surface area contributed by atoms with Crippen molar-refractivity contribution in [3.8, 4) is 6.07 Å². The van der Waals surface area contributed by atoms with Gasteiger partial charge in [0.1, 0.15) is 10.3 Å². The van der Waals surface area contributed by atoms with Crippen molar-refractivity contribution in [3.63, 3.8) is 0 Å². The zero-order chi connectivity index (χ0) is 19.3. The Bertz CT molecular complexity index is 928. The van der Waals surface area contributed by atoms with Crippen LogP contribution in [0.5, 0.6) is 0 Å². The standard InChI is InChI=1S/C18H20N4O3S2/c19-14-15-4-1-2-5-16(15)20-17(23)7-8-21-9-11-22(12-10-21)27(24,25)18-6-3-13-26-18/h1-6,13H,7-12H2,(H,20,23). The minimum Gasteiger partial charge on any atom is -0.325 e. The third-order valence-electron chi connectivity index (χ3n) is 4.40. The van der Waals surface area contributed by atoms with Gasteiger partial charge in [-0.15, -0.1) is 11.3 Å². The molecule has 3 rings (SSSR count). The van der Waals surface area contributed by atoms with Gasteiger partial charge in [-0.2, -0.15) is 9.57 Å². The summed E-state index contributed by atoms with van der Waals surface area (Å²) in [6, 6.07) is 12.3. The number of rotatable bonds is 6. The molecule has 1 aliphatic rings. The number of piperazine rings is 1. The molecule has 0 aliphatic carbocycles. The lowest BCUT2D eigenvalue weighted by molar-refractivity contribution is -0.116. The first-order valence-corrected chi connectivity index (χ1v) is 10.9. The first-order valence-electron chi connectivity index (χ1n) is 8.55. The zero-order valence-corrected chi connectivity index (χ0v) is 16.3. The third-order valence-corrected chi connectivity index (χ3v) is 7.67. The highest BCUT2D eigenvalue weighted by Crippen LogP contribution is 2.22. The van der Waals surface area contributed by atoms with Gasteiger partial charge in [-0.25, -0.2) is 8.42 Å². The van der Waals surface area contributed by atoms with Crippen LogP contribution in [-0.4, -0.2) is 56.3 Å². The average Bonchev–Trinajstić information content (AvgIpc) is 3.23. The Morgan fingerprint density at radius 3 is 2.56 bits per heavy atom. The molecule has 142 valence electrons. The smallest absolute Gasteiger partial charge is 0.252 e. The number of nitrogens with zero attached hydrogens (tertiary/aromatic N) is 3. The maximum atomic E-state index is 12.5. The van der Waals surface area contributed by atoms with Crippen molar-refractivity contribution in [2.24, 2.45) is 0 Å². The lowest BCUT2D eigenvalue weighted by Crippen LogP contribution is -2.48. The van der Waals surface area contributed by atoms with E-state index in [1.54, 1.807) is 41.8 Å². The zero-order valence-electron chi connectivity index (χ0n) is 14.7. The fourth-order valence-corrected chi connectivity index (χ4v) is 5.46. The van der Waals surface area contributed by atoms with Gasteiger partial charge in [-0.3, -0.25) is 4.79 Å². The molecular weight excluding hydrogens is 384 g/mol. The molecule has 7 nitrogen and oxygen atoms in total. The third kappa shape index (κ3) is 4.73. The van der Waals surface area contributed by atoms with E-state index < -0.39 is 10.0 Å². The van der Waals surface area contributed by atoms with Crippen LogP contribution >= 0.6 is 11.3 Å². The fourth-order valence-electron chi connectivity index (χ4n) is 2.89. The normalized spacial score (nSPS) is 16.0. The molecule has 1 aromatic heterocycles. The van der Waals surface area contributed by atoms with Gasteiger partial charge in [-0.05, 0) is 23.6 Å². The number of nitriles is 1. The van der Waals surface area contributed by atoms with Gasteiger partial charge in [0.2, 0.25) is 5.91 Å².